The lowest BCUT2D eigenvalue weighted by atomic mass is 9.91. The summed E-state index contributed by atoms with van der Waals surface area (Å²) >= 11 is 6.90. The SMILES string of the molecule is CCc1cccc(CC)c1-c1nc(Cl)c2c(c(C)cn2Cc2cc(C)ccc2C)c1C. The molecule has 2 nitrogen and oxygen atoms in total. The number of fused-ring (bicyclic) bond motifs is 1. The van der Waals surface area contributed by atoms with Crippen LogP contribution >= 0.6 is 11.6 Å². The summed E-state index contributed by atoms with van der Waals surface area (Å²) in [6.45, 7) is 13.9. The summed E-state index contributed by atoms with van der Waals surface area (Å²) in [4.78, 5) is 4.99. The van der Waals surface area contributed by atoms with Crippen molar-refractivity contribution in [2.75, 3.05) is 0 Å². The number of pyridine rings is 1. The fourth-order valence-electron chi connectivity index (χ4n) is 4.81. The van der Waals surface area contributed by atoms with Gasteiger partial charge in [0, 0.05) is 23.7 Å². The standard InChI is InChI=1S/C28H31ClN2/c1-7-21-10-9-11-22(8-2)25(21)26-20(6)24-19(5)15-31(27(24)28(29)30-26)16-23-14-17(3)12-13-18(23)4/h9-15H,7-8,16H2,1-6H3. The Morgan fingerprint density at radius 1 is 0.871 bits per heavy atom. The predicted octanol–water partition coefficient (Wildman–Crippen LogP) is 7.76. The molecule has 160 valence electrons. The third-order valence-electron chi connectivity index (χ3n) is 6.48. The second-order valence-electron chi connectivity index (χ2n) is 8.63. The summed E-state index contributed by atoms with van der Waals surface area (Å²) in [5.74, 6) is 0. The van der Waals surface area contributed by atoms with Crippen LogP contribution in [0, 0.1) is 27.7 Å². The minimum Gasteiger partial charge on any atom is -0.340 e. The van der Waals surface area contributed by atoms with Crippen LogP contribution in [0.1, 0.15) is 52.8 Å². The van der Waals surface area contributed by atoms with Crippen LogP contribution in [0.2, 0.25) is 5.15 Å². The first-order valence-electron chi connectivity index (χ1n) is 11.2. The zero-order valence-corrected chi connectivity index (χ0v) is 20.2. The van der Waals surface area contributed by atoms with Gasteiger partial charge >= 0.3 is 0 Å². The maximum atomic E-state index is 6.90. The van der Waals surface area contributed by atoms with E-state index in [9.17, 15) is 0 Å². The Bertz CT molecular complexity index is 1260. The molecular formula is C28H31ClN2. The van der Waals surface area contributed by atoms with Crippen molar-refractivity contribution < 1.29 is 0 Å². The molecule has 4 rings (SSSR count). The summed E-state index contributed by atoms with van der Waals surface area (Å²) in [5.41, 5.74) is 12.3. The molecule has 3 heteroatoms. The normalized spacial score (nSPS) is 11.5. The number of halogens is 1. The molecule has 0 spiro atoms. The van der Waals surface area contributed by atoms with Gasteiger partial charge in [0.25, 0.3) is 0 Å². The van der Waals surface area contributed by atoms with Gasteiger partial charge in [0.15, 0.2) is 5.15 Å². The molecule has 0 aliphatic heterocycles. The van der Waals surface area contributed by atoms with Gasteiger partial charge in [0.1, 0.15) is 0 Å². The van der Waals surface area contributed by atoms with Crippen molar-refractivity contribution in [1.29, 1.82) is 0 Å². The van der Waals surface area contributed by atoms with Crippen molar-refractivity contribution in [2.24, 2.45) is 0 Å². The quantitative estimate of drug-likeness (QED) is 0.296. The first-order chi connectivity index (χ1) is 14.8. The van der Waals surface area contributed by atoms with Crippen LogP contribution < -0.4 is 0 Å². The molecule has 0 fully saturated rings. The minimum absolute atomic E-state index is 0.585. The topological polar surface area (TPSA) is 17.8 Å². The van der Waals surface area contributed by atoms with Crippen molar-refractivity contribution >= 4 is 22.5 Å². The van der Waals surface area contributed by atoms with Crippen molar-refractivity contribution in [3.8, 4) is 11.3 Å². The van der Waals surface area contributed by atoms with Crippen LogP contribution in [0.15, 0.2) is 42.6 Å². The van der Waals surface area contributed by atoms with E-state index in [4.69, 9.17) is 16.6 Å². The molecule has 0 saturated heterocycles. The molecule has 0 aliphatic carbocycles. The highest BCUT2D eigenvalue weighted by molar-refractivity contribution is 6.34. The summed E-state index contributed by atoms with van der Waals surface area (Å²) in [6, 6.07) is 13.2. The summed E-state index contributed by atoms with van der Waals surface area (Å²) < 4.78 is 2.27. The number of nitrogens with zero attached hydrogens (tertiary/aromatic N) is 2. The number of hydrogen-bond donors (Lipinski definition) is 0. The highest BCUT2D eigenvalue weighted by Gasteiger charge is 2.20. The third-order valence-corrected chi connectivity index (χ3v) is 6.75. The lowest BCUT2D eigenvalue weighted by Crippen LogP contribution is -2.03. The van der Waals surface area contributed by atoms with Crippen LogP contribution in [0.25, 0.3) is 22.2 Å². The van der Waals surface area contributed by atoms with Crippen molar-refractivity contribution in [2.45, 2.75) is 60.9 Å². The Morgan fingerprint density at radius 2 is 1.55 bits per heavy atom. The maximum Gasteiger partial charge on any atom is 0.154 e. The molecule has 0 unspecified atom stereocenters. The molecule has 0 aliphatic rings. The van der Waals surface area contributed by atoms with Crippen LogP contribution in [0.5, 0.6) is 0 Å². The van der Waals surface area contributed by atoms with E-state index in [2.05, 4.69) is 88.7 Å². The number of rotatable bonds is 5. The van der Waals surface area contributed by atoms with E-state index >= 15 is 0 Å². The Kier molecular flexibility index (Phi) is 5.94. The summed E-state index contributed by atoms with van der Waals surface area (Å²) in [5, 5.41) is 1.82. The molecule has 0 radical (unpaired) electrons. The van der Waals surface area contributed by atoms with E-state index in [1.165, 1.54) is 49.9 Å². The van der Waals surface area contributed by atoms with Gasteiger partial charge < -0.3 is 4.57 Å². The minimum atomic E-state index is 0.585. The van der Waals surface area contributed by atoms with Gasteiger partial charge in [-0.1, -0.05) is 67.4 Å². The van der Waals surface area contributed by atoms with E-state index in [0.717, 1.165) is 30.6 Å². The lowest BCUT2D eigenvalue weighted by molar-refractivity contribution is 0.825. The fraction of sp³-hybridized carbons (Fsp3) is 0.321. The van der Waals surface area contributed by atoms with E-state index in [1.807, 2.05) is 0 Å². The highest BCUT2D eigenvalue weighted by atomic mass is 35.5. The Morgan fingerprint density at radius 3 is 2.19 bits per heavy atom. The Hall–Kier alpha value is -2.58. The molecule has 2 aromatic carbocycles. The van der Waals surface area contributed by atoms with Gasteiger partial charge in [-0.2, -0.15) is 0 Å². The fourth-order valence-corrected chi connectivity index (χ4v) is 5.10. The van der Waals surface area contributed by atoms with Gasteiger partial charge in [-0.25, -0.2) is 4.98 Å². The van der Waals surface area contributed by atoms with Gasteiger partial charge in [-0.15, -0.1) is 0 Å². The lowest BCUT2D eigenvalue weighted by Gasteiger charge is -2.17. The van der Waals surface area contributed by atoms with Crippen LogP contribution in [-0.4, -0.2) is 9.55 Å². The van der Waals surface area contributed by atoms with E-state index in [-0.39, 0.29) is 0 Å². The molecule has 0 bridgehead atoms. The first-order valence-corrected chi connectivity index (χ1v) is 11.6. The van der Waals surface area contributed by atoms with Gasteiger partial charge in [-0.3, -0.25) is 0 Å². The largest absolute Gasteiger partial charge is 0.340 e. The highest BCUT2D eigenvalue weighted by Crippen LogP contribution is 2.38. The van der Waals surface area contributed by atoms with Gasteiger partial charge in [0.2, 0.25) is 0 Å². The van der Waals surface area contributed by atoms with E-state index in [0.29, 0.717) is 5.15 Å². The monoisotopic (exact) mass is 430 g/mol. The van der Waals surface area contributed by atoms with E-state index < -0.39 is 0 Å². The molecular weight excluding hydrogens is 400 g/mol. The molecule has 0 amide bonds. The van der Waals surface area contributed by atoms with Gasteiger partial charge in [-0.05, 0) is 73.9 Å². The number of aromatic nitrogens is 2. The first kappa shape index (κ1) is 21.6. The zero-order valence-electron chi connectivity index (χ0n) is 19.4. The smallest absolute Gasteiger partial charge is 0.154 e. The average molecular weight is 431 g/mol. The number of hydrogen-bond acceptors (Lipinski definition) is 1. The van der Waals surface area contributed by atoms with Crippen molar-refractivity contribution in [1.82, 2.24) is 9.55 Å². The van der Waals surface area contributed by atoms with E-state index in [1.54, 1.807) is 0 Å². The summed E-state index contributed by atoms with van der Waals surface area (Å²) in [6.07, 6.45) is 4.18. The molecule has 2 aromatic heterocycles. The third kappa shape index (κ3) is 3.78. The average Bonchev–Trinajstić information content (AvgIpc) is 3.09. The molecule has 0 N–H and O–H groups in total. The Labute approximate surface area is 190 Å². The zero-order chi connectivity index (χ0) is 22.3. The second-order valence-corrected chi connectivity index (χ2v) is 8.99. The van der Waals surface area contributed by atoms with Crippen molar-refractivity contribution in [3.05, 3.63) is 86.7 Å². The van der Waals surface area contributed by atoms with Crippen LogP contribution in [0.4, 0.5) is 0 Å². The molecule has 2 heterocycles. The molecule has 0 atom stereocenters. The maximum absolute atomic E-state index is 6.90. The Balaban J connectivity index is 1.94. The predicted molar refractivity (Wildman–Crippen MR) is 133 cm³/mol. The second kappa shape index (κ2) is 8.51. The molecule has 4 aromatic rings. The molecule has 0 saturated carbocycles. The number of benzene rings is 2. The molecule has 31 heavy (non-hydrogen) atoms. The number of aryl methyl sites for hydroxylation is 6. The summed E-state index contributed by atoms with van der Waals surface area (Å²) in [7, 11) is 0. The van der Waals surface area contributed by atoms with Crippen molar-refractivity contribution in [3.63, 3.8) is 0 Å². The van der Waals surface area contributed by atoms with Gasteiger partial charge in [0.05, 0.1) is 11.2 Å². The van der Waals surface area contributed by atoms with Crippen LogP contribution in [-0.2, 0) is 19.4 Å². The van der Waals surface area contributed by atoms with Crippen LogP contribution in [0.3, 0.4) is 0 Å².